The Morgan fingerprint density at radius 3 is 2.52 bits per heavy atom. The van der Waals surface area contributed by atoms with Gasteiger partial charge in [0.05, 0.1) is 6.10 Å². The van der Waals surface area contributed by atoms with Gasteiger partial charge in [0.1, 0.15) is 5.75 Å². The van der Waals surface area contributed by atoms with Crippen molar-refractivity contribution in [1.82, 2.24) is 10.6 Å². The van der Waals surface area contributed by atoms with Crippen LogP contribution in [0, 0.1) is 11.8 Å². The average Bonchev–Trinajstić information content (AvgIpc) is 2.53. The lowest BCUT2D eigenvalue weighted by Gasteiger charge is -2.31. The van der Waals surface area contributed by atoms with E-state index in [4.69, 9.17) is 4.74 Å². The van der Waals surface area contributed by atoms with Gasteiger partial charge in [-0.3, -0.25) is 4.79 Å². The summed E-state index contributed by atoms with van der Waals surface area (Å²) in [6, 6.07) is 8.15. The molecule has 2 fully saturated rings. The zero-order valence-corrected chi connectivity index (χ0v) is 14.0. The zero-order valence-electron chi connectivity index (χ0n) is 14.0. The molecule has 2 N–H and O–H groups in total. The summed E-state index contributed by atoms with van der Waals surface area (Å²) < 4.78 is 6.03. The highest BCUT2D eigenvalue weighted by Crippen LogP contribution is 2.23. The summed E-state index contributed by atoms with van der Waals surface area (Å²) >= 11 is 0. The molecule has 0 aromatic heterocycles. The van der Waals surface area contributed by atoms with Crippen molar-refractivity contribution >= 4 is 5.91 Å². The van der Waals surface area contributed by atoms with Crippen molar-refractivity contribution in [2.45, 2.75) is 51.7 Å². The molecule has 1 aliphatic heterocycles. The maximum absolute atomic E-state index is 12.1. The maximum atomic E-state index is 12.1. The van der Waals surface area contributed by atoms with Crippen molar-refractivity contribution in [3.05, 3.63) is 29.8 Å². The smallest absolute Gasteiger partial charge is 0.223 e. The second-order valence-corrected chi connectivity index (χ2v) is 6.95. The molecule has 1 heterocycles. The summed E-state index contributed by atoms with van der Waals surface area (Å²) in [6.45, 7) is 4.53. The van der Waals surface area contributed by atoms with E-state index >= 15 is 0 Å². The first-order valence-electron chi connectivity index (χ1n) is 8.96. The van der Waals surface area contributed by atoms with Crippen molar-refractivity contribution in [2.24, 2.45) is 11.8 Å². The highest BCUT2D eigenvalue weighted by atomic mass is 16.5. The van der Waals surface area contributed by atoms with Crippen LogP contribution in [-0.4, -0.2) is 25.1 Å². The number of hydrogen-bond donors (Lipinski definition) is 2. The van der Waals surface area contributed by atoms with Crippen LogP contribution in [0.5, 0.6) is 5.75 Å². The minimum Gasteiger partial charge on any atom is -0.490 e. The molecule has 1 saturated heterocycles. The van der Waals surface area contributed by atoms with E-state index in [2.05, 4.69) is 10.6 Å². The third-order valence-corrected chi connectivity index (χ3v) is 5.18. The maximum Gasteiger partial charge on any atom is 0.223 e. The summed E-state index contributed by atoms with van der Waals surface area (Å²) in [6.07, 6.45) is 6.63. The van der Waals surface area contributed by atoms with Gasteiger partial charge in [-0.25, -0.2) is 0 Å². The topological polar surface area (TPSA) is 50.4 Å². The third kappa shape index (κ3) is 4.47. The van der Waals surface area contributed by atoms with Crippen molar-refractivity contribution in [2.75, 3.05) is 13.1 Å². The van der Waals surface area contributed by atoms with Gasteiger partial charge < -0.3 is 15.4 Å². The van der Waals surface area contributed by atoms with Crippen LogP contribution in [0.1, 0.15) is 44.6 Å². The Kier molecular flexibility index (Phi) is 5.55. The van der Waals surface area contributed by atoms with Gasteiger partial charge in [0.2, 0.25) is 5.91 Å². The number of amides is 1. The lowest BCUT2D eigenvalue weighted by Crippen LogP contribution is -2.49. The standard InChI is InChI=1S/C19H28N2O2/c1-14(16-12-20-13-16)19(22)21-11-15-7-9-18(10-8-15)23-17-5-3-2-4-6-17/h7-10,14,16-17,20H,2-6,11-13H2,1H3,(H,21,22). The normalized spacial score (nSPS) is 20.6. The molecular weight excluding hydrogens is 288 g/mol. The monoisotopic (exact) mass is 316 g/mol. The molecule has 3 rings (SSSR count). The lowest BCUT2D eigenvalue weighted by atomic mass is 9.88. The Balaban J connectivity index is 1.44. The van der Waals surface area contributed by atoms with Crippen molar-refractivity contribution < 1.29 is 9.53 Å². The number of benzene rings is 1. The van der Waals surface area contributed by atoms with Crippen molar-refractivity contribution in [3.63, 3.8) is 0 Å². The summed E-state index contributed by atoms with van der Waals surface area (Å²) in [5.74, 6) is 1.67. The minimum absolute atomic E-state index is 0.0881. The quantitative estimate of drug-likeness (QED) is 0.848. The fourth-order valence-electron chi connectivity index (χ4n) is 3.29. The van der Waals surface area contributed by atoms with Crippen LogP contribution in [0.25, 0.3) is 0 Å². The Morgan fingerprint density at radius 2 is 1.91 bits per heavy atom. The minimum atomic E-state index is 0.0881. The fourth-order valence-corrected chi connectivity index (χ4v) is 3.29. The predicted octanol–water partition coefficient (Wildman–Crippen LogP) is 2.87. The Labute approximate surface area is 139 Å². The van der Waals surface area contributed by atoms with Gasteiger partial charge in [-0.15, -0.1) is 0 Å². The highest BCUT2D eigenvalue weighted by Gasteiger charge is 2.28. The zero-order chi connectivity index (χ0) is 16.1. The number of hydrogen-bond acceptors (Lipinski definition) is 3. The first-order valence-corrected chi connectivity index (χ1v) is 8.96. The molecule has 0 radical (unpaired) electrons. The third-order valence-electron chi connectivity index (χ3n) is 5.18. The first-order chi connectivity index (χ1) is 11.2. The van der Waals surface area contributed by atoms with E-state index in [0.29, 0.717) is 18.6 Å². The fraction of sp³-hybridized carbons (Fsp3) is 0.632. The van der Waals surface area contributed by atoms with E-state index in [1.165, 1.54) is 32.1 Å². The summed E-state index contributed by atoms with van der Waals surface area (Å²) in [7, 11) is 0. The molecule has 0 spiro atoms. The molecule has 1 atom stereocenters. The van der Waals surface area contributed by atoms with Gasteiger partial charge >= 0.3 is 0 Å². The molecule has 2 aliphatic rings. The van der Waals surface area contributed by atoms with Crippen LogP contribution in [-0.2, 0) is 11.3 Å². The summed E-state index contributed by atoms with van der Waals surface area (Å²) in [5, 5.41) is 6.26. The van der Waals surface area contributed by atoms with Crippen LogP contribution in [0.4, 0.5) is 0 Å². The van der Waals surface area contributed by atoms with Crippen molar-refractivity contribution in [1.29, 1.82) is 0 Å². The molecule has 4 nitrogen and oxygen atoms in total. The second kappa shape index (κ2) is 7.82. The predicted molar refractivity (Wildman–Crippen MR) is 91.3 cm³/mol. The number of carbonyl (C=O) groups is 1. The SMILES string of the molecule is CC(C(=O)NCc1ccc(OC2CCCCC2)cc1)C1CNC1. The van der Waals surface area contributed by atoms with Crippen LogP contribution >= 0.6 is 0 Å². The first kappa shape index (κ1) is 16.3. The molecule has 0 bridgehead atoms. The van der Waals surface area contributed by atoms with Gasteiger partial charge in [-0.1, -0.05) is 25.5 Å². The number of carbonyl (C=O) groups excluding carboxylic acids is 1. The Hall–Kier alpha value is -1.55. The number of nitrogens with one attached hydrogen (secondary N) is 2. The van der Waals surface area contributed by atoms with Crippen LogP contribution in [0.15, 0.2) is 24.3 Å². The Morgan fingerprint density at radius 1 is 1.22 bits per heavy atom. The van der Waals surface area contributed by atoms with Crippen LogP contribution in [0.2, 0.25) is 0 Å². The van der Waals surface area contributed by atoms with Gasteiger partial charge in [-0.05, 0) is 62.4 Å². The van der Waals surface area contributed by atoms with E-state index in [-0.39, 0.29) is 11.8 Å². The number of ether oxygens (including phenoxy) is 1. The van der Waals surface area contributed by atoms with Crippen molar-refractivity contribution in [3.8, 4) is 5.75 Å². The molecular formula is C19H28N2O2. The molecule has 1 unspecified atom stereocenters. The van der Waals surface area contributed by atoms with Gasteiger partial charge in [-0.2, -0.15) is 0 Å². The van der Waals surface area contributed by atoms with E-state index in [9.17, 15) is 4.79 Å². The molecule has 1 aromatic carbocycles. The highest BCUT2D eigenvalue weighted by molar-refractivity contribution is 5.78. The van der Waals surface area contributed by atoms with Crippen LogP contribution in [0.3, 0.4) is 0 Å². The van der Waals surface area contributed by atoms with Crippen LogP contribution < -0.4 is 15.4 Å². The van der Waals surface area contributed by atoms with E-state index < -0.39 is 0 Å². The molecule has 1 aromatic rings. The largest absolute Gasteiger partial charge is 0.490 e. The van der Waals surface area contributed by atoms with E-state index in [1.807, 2.05) is 31.2 Å². The van der Waals surface area contributed by atoms with Gasteiger partial charge in [0, 0.05) is 12.5 Å². The summed E-state index contributed by atoms with van der Waals surface area (Å²) in [4.78, 5) is 12.1. The molecule has 1 aliphatic carbocycles. The number of rotatable bonds is 6. The van der Waals surface area contributed by atoms with Gasteiger partial charge in [0.15, 0.2) is 0 Å². The van der Waals surface area contributed by atoms with E-state index in [1.54, 1.807) is 0 Å². The average molecular weight is 316 g/mol. The summed E-state index contributed by atoms with van der Waals surface area (Å²) in [5.41, 5.74) is 1.12. The lowest BCUT2D eigenvalue weighted by molar-refractivity contribution is -0.126. The Bertz CT molecular complexity index is 505. The molecule has 23 heavy (non-hydrogen) atoms. The molecule has 1 amide bonds. The van der Waals surface area contributed by atoms with Gasteiger partial charge in [0.25, 0.3) is 0 Å². The molecule has 1 saturated carbocycles. The van der Waals surface area contributed by atoms with E-state index in [0.717, 1.165) is 24.4 Å². The second-order valence-electron chi connectivity index (χ2n) is 6.95. The molecule has 126 valence electrons. The molecule has 4 heteroatoms.